The van der Waals surface area contributed by atoms with Crippen molar-refractivity contribution in [3.8, 4) is 5.75 Å². The summed E-state index contributed by atoms with van der Waals surface area (Å²) in [6.45, 7) is 3.09. The van der Waals surface area contributed by atoms with E-state index >= 15 is 0 Å². The fourth-order valence-corrected chi connectivity index (χ4v) is 6.55. The highest BCUT2D eigenvalue weighted by atomic mass is 35.5. The molecule has 1 fully saturated rings. The molecule has 0 aliphatic heterocycles. The fourth-order valence-electron chi connectivity index (χ4n) is 4.96. The Kier molecular flexibility index (Phi) is 9.94. The second-order valence-electron chi connectivity index (χ2n) is 10.3. The molecule has 0 radical (unpaired) electrons. The van der Waals surface area contributed by atoms with Crippen molar-refractivity contribution in [2.75, 3.05) is 18.0 Å². The first-order chi connectivity index (χ1) is 19.6. The number of rotatable bonds is 11. The van der Waals surface area contributed by atoms with E-state index in [1.54, 1.807) is 31.2 Å². The standard InChI is InChI=1S/C31H36ClN3O5S/c1-22-13-16-27(17-14-22)41(38,39)35(28-19-25(32)15-18-29(28)40-3)21-30(36)34(20-24-9-5-4-6-10-24)23(2)31(37)33-26-11-7-8-12-26/h4-6,9-10,13-19,23,26H,7-8,11-12,20-21H2,1-3H3,(H,33,37). The predicted octanol–water partition coefficient (Wildman–Crippen LogP) is 5.33. The van der Waals surface area contributed by atoms with Gasteiger partial charge < -0.3 is 15.0 Å². The first-order valence-electron chi connectivity index (χ1n) is 13.7. The number of carbonyl (C=O) groups is 2. The van der Waals surface area contributed by atoms with E-state index in [1.807, 2.05) is 37.3 Å². The van der Waals surface area contributed by atoms with Crippen LogP contribution in [0.15, 0.2) is 77.7 Å². The van der Waals surface area contributed by atoms with E-state index in [0.29, 0.717) is 0 Å². The van der Waals surface area contributed by atoms with E-state index in [-0.39, 0.29) is 39.8 Å². The number of benzene rings is 3. The van der Waals surface area contributed by atoms with Crippen molar-refractivity contribution in [1.29, 1.82) is 0 Å². The summed E-state index contributed by atoms with van der Waals surface area (Å²) in [5.74, 6) is -0.574. The van der Waals surface area contributed by atoms with Gasteiger partial charge in [0.1, 0.15) is 18.3 Å². The Labute approximate surface area is 247 Å². The minimum absolute atomic E-state index is 0.0135. The van der Waals surface area contributed by atoms with Crippen molar-refractivity contribution in [1.82, 2.24) is 10.2 Å². The predicted molar refractivity (Wildman–Crippen MR) is 161 cm³/mol. The number of ether oxygens (including phenoxy) is 1. The number of halogens is 1. The molecule has 1 aliphatic carbocycles. The second kappa shape index (κ2) is 13.4. The van der Waals surface area contributed by atoms with Crippen LogP contribution in [0, 0.1) is 6.92 Å². The van der Waals surface area contributed by atoms with Gasteiger partial charge in [0.2, 0.25) is 11.8 Å². The molecule has 1 saturated carbocycles. The molecule has 0 heterocycles. The molecular formula is C31H36ClN3O5S. The average Bonchev–Trinajstić information content (AvgIpc) is 3.48. The molecule has 3 aromatic rings. The average molecular weight is 598 g/mol. The van der Waals surface area contributed by atoms with Crippen LogP contribution in [0.1, 0.15) is 43.7 Å². The number of amides is 2. The van der Waals surface area contributed by atoms with E-state index in [9.17, 15) is 18.0 Å². The maximum absolute atomic E-state index is 14.1. The van der Waals surface area contributed by atoms with Crippen molar-refractivity contribution in [3.05, 3.63) is 88.9 Å². The molecule has 3 aromatic carbocycles. The molecule has 0 aromatic heterocycles. The monoisotopic (exact) mass is 597 g/mol. The van der Waals surface area contributed by atoms with Crippen molar-refractivity contribution in [2.45, 2.75) is 63.1 Å². The number of nitrogens with one attached hydrogen (secondary N) is 1. The van der Waals surface area contributed by atoms with Crippen LogP contribution in [0.2, 0.25) is 5.02 Å². The first kappa shape index (κ1) is 30.4. The molecule has 1 aliphatic rings. The SMILES string of the molecule is COc1ccc(Cl)cc1N(CC(=O)N(Cc1ccccc1)C(C)C(=O)NC1CCCC1)S(=O)(=O)c1ccc(C)cc1. The lowest BCUT2D eigenvalue weighted by Gasteiger charge is -2.33. The van der Waals surface area contributed by atoms with Crippen molar-refractivity contribution in [2.24, 2.45) is 0 Å². The Morgan fingerprint density at radius 2 is 1.68 bits per heavy atom. The lowest BCUT2D eigenvalue weighted by atomic mass is 10.1. The van der Waals surface area contributed by atoms with Gasteiger partial charge in [-0.2, -0.15) is 0 Å². The third kappa shape index (κ3) is 7.40. The smallest absolute Gasteiger partial charge is 0.264 e. The molecule has 218 valence electrons. The summed E-state index contributed by atoms with van der Waals surface area (Å²) in [7, 11) is -2.82. The third-order valence-electron chi connectivity index (χ3n) is 7.36. The summed E-state index contributed by atoms with van der Waals surface area (Å²) in [6.07, 6.45) is 3.92. The number of methoxy groups -OCH3 is 1. The summed E-state index contributed by atoms with van der Waals surface area (Å²) >= 11 is 6.29. The third-order valence-corrected chi connectivity index (χ3v) is 9.37. The fraction of sp³-hybridized carbons (Fsp3) is 0.355. The Balaban J connectivity index is 1.73. The molecule has 0 bridgehead atoms. The van der Waals surface area contributed by atoms with Crippen LogP contribution in [0.3, 0.4) is 0 Å². The number of anilines is 1. The summed E-state index contributed by atoms with van der Waals surface area (Å²) < 4.78 is 34.6. The van der Waals surface area contributed by atoms with Crippen LogP contribution in [-0.2, 0) is 26.2 Å². The number of hydrogen-bond acceptors (Lipinski definition) is 5. The van der Waals surface area contributed by atoms with Gasteiger partial charge in [-0.3, -0.25) is 13.9 Å². The van der Waals surface area contributed by atoms with E-state index in [2.05, 4.69) is 5.32 Å². The van der Waals surface area contributed by atoms with Crippen LogP contribution in [-0.4, -0.2) is 50.9 Å². The Morgan fingerprint density at radius 1 is 1.02 bits per heavy atom. The van der Waals surface area contributed by atoms with Crippen LogP contribution in [0.5, 0.6) is 5.75 Å². The number of carbonyl (C=O) groups excluding carboxylic acids is 2. The zero-order valence-electron chi connectivity index (χ0n) is 23.5. The lowest BCUT2D eigenvalue weighted by molar-refractivity contribution is -0.139. The van der Waals surface area contributed by atoms with Gasteiger partial charge >= 0.3 is 0 Å². The van der Waals surface area contributed by atoms with Crippen LogP contribution in [0.4, 0.5) is 5.69 Å². The summed E-state index contributed by atoms with van der Waals surface area (Å²) in [5, 5.41) is 3.35. The van der Waals surface area contributed by atoms with Crippen molar-refractivity contribution in [3.63, 3.8) is 0 Å². The Bertz CT molecular complexity index is 1460. The van der Waals surface area contributed by atoms with E-state index in [1.165, 1.54) is 30.2 Å². The Hall–Kier alpha value is -3.56. The van der Waals surface area contributed by atoms with E-state index in [0.717, 1.165) is 41.1 Å². The minimum atomic E-state index is -4.24. The zero-order valence-corrected chi connectivity index (χ0v) is 25.1. The summed E-state index contributed by atoms with van der Waals surface area (Å²) in [5.41, 5.74) is 1.83. The molecule has 4 rings (SSSR count). The Morgan fingerprint density at radius 3 is 2.32 bits per heavy atom. The summed E-state index contributed by atoms with van der Waals surface area (Å²) in [4.78, 5) is 28.8. The normalized spacial score (nSPS) is 14.3. The van der Waals surface area contributed by atoms with Crippen LogP contribution in [0.25, 0.3) is 0 Å². The molecular weight excluding hydrogens is 562 g/mol. The van der Waals surface area contributed by atoms with Gasteiger partial charge in [0.25, 0.3) is 10.0 Å². The van der Waals surface area contributed by atoms with E-state index in [4.69, 9.17) is 16.3 Å². The molecule has 0 saturated heterocycles. The minimum Gasteiger partial charge on any atom is -0.495 e. The number of sulfonamides is 1. The van der Waals surface area contributed by atoms with Gasteiger partial charge in [-0.15, -0.1) is 0 Å². The number of aryl methyl sites for hydroxylation is 1. The number of hydrogen-bond donors (Lipinski definition) is 1. The second-order valence-corrected chi connectivity index (χ2v) is 12.6. The maximum atomic E-state index is 14.1. The molecule has 1 unspecified atom stereocenters. The molecule has 8 nitrogen and oxygen atoms in total. The zero-order chi connectivity index (χ0) is 29.6. The van der Waals surface area contributed by atoms with Gasteiger partial charge in [0.15, 0.2) is 0 Å². The van der Waals surface area contributed by atoms with Crippen molar-refractivity contribution < 1.29 is 22.7 Å². The van der Waals surface area contributed by atoms with Gasteiger partial charge in [0.05, 0.1) is 17.7 Å². The molecule has 10 heteroatoms. The molecule has 2 amide bonds. The van der Waals surface area contributed by atoms with Crippen LogP contribution >= 0.6 is 11.6 Å². The van der Waals surface area contributed by atoms with Gasteiger partial charge in [-0.05, 0) is 62.6 Å². The first-order valence-corrected chi connectivity index (χ1v) is 15.5. The maximum Gasteiger partial charge on any atom is 0.264 e. The molecule has 0 spiro atoms. The summed E-state index contributed by atoms with van der Waals surface area (Å²) in [6, 6.07) is 19.5. The lowest BCUT2D eigenvalue weighted by Crippen LogP contribution is -2.52. The highest BCUT2D eigenvalue weighted by molar-refractivity contribution is 7.92. The highest BCUT2D eigenvalue weighted by Gasteiger charge is 2.34. The van der Waals surface area contributed by atoms with Crippen molar-refractivity contribution >= 4 is 39.1 Å². The van der Waals surface area contributed by atoms with Gasteiger partial charge in [-0.1, -0.05) is 72.5 Å². The van der Waals surface area contributed by atoms with Crippen LogP contribution < -0.4 is 14.4 Å². The largest absolute Gasteiger partial charge is 0.495 e. The number of nitrogens with zero attached hydrogens (tertiary/aromatic N) is 2. The quantitative estimate of drug-likeness (QED) is 0.322. The van der Waals surface area contributed by atoms with Gasteiger partial charge in [-0.25, -0.2) is 8.42 Å². The molecule has 1 N–H and O–H groups in total. The molecule has 41 heavy (non-hydrogen) atoms. The molecule has 1 atom stereocenters. The highest BCUT2D eigenvalue weighted by Crippen LogP contribution is 2.35. The van der Waals surface area contributed by atoms with Gasteiger partial charge in [0, 0.05) is 17.6 Å². The van der Waals surface area contributed by atoms with E-state index < -0.39 is 28.5 Å². The topological polar surface area (TPSA) is 96.0 Å².